The van der Waals surface area contributed by atoms with E-state index in [4.69, 9.17) is 10.5 Å². The third-order valence-corrected chi connectivity index (χ3v) is 4.19. The van der Waals surface area contributed by atoms with Crippen molar-refractivity contribution in [3.63, 3.8) is 0 Å². The second-order valence-corrected chi connectivity index (χ2v) is 5.40. The lowest BCUT2D eigenvalue weighted by atomic mass is 10.0. The highest BCUT2D eigenvalue weighted by molar-refractivity contribution is 5.90. The topological polar surface area (TPSA) is 66.0 Å². The lowest BCUT2D eigenvalue weighted by molar-refractivity contribution is 0.00638. The Kier molecular flexibility index (Phi) is 2.93. The molecule has 0 amide bonds. The molecule has 2 aromatic heterocycles. The summed E-state index contributed by atoms with van der Waals surface area (Å²) in [5.74, 6) is 0.574. The lowest BCUT2D eigenvalue weighted by Crippen LogP contribution is -2.26. The zero-order valence-corrected chi connectivity index (χ0v) is 11.7. The maximum Gasteiger partial charge on any atom is 0.146 e. The number of ether oxygens (including phenoxy) is 1. The number of nitrogen functional groups attached to an aromatic ring is 1. The SMILES string of the molecule is Cc1c(C)n(C2CCOC(C)C2)c2ncnc(N)c12. The normalized spacial score (nSPS) is 23.9. The van der Waals surface area contributed by atoms with Gasteiger partial charge in [-0.05, 0) is 39.2 Å². The molecule has 0 bridgehead atoms. The van der Waals surface area contributed by atoms with Crippen molar-refractivity contribution < 1.29 is 4.74 Å². The van der Waals surface area contributed by atoms with Crippen LogP contribution in [0.5, 0.6) is 0 Å². The van der Waals surface area contributed by atoms with Crippen LogP contribution in [0.25, 0.3) is 11.0 Å². The van der Waals surface area contributed by atoms with Crippen molar-refractivity contribution >= 4 is 16.9 Å². The van der Waals surface area contributed by atoms with E-state index in [0.29, 0.717) is 18.0 Å². The number of hydrogen-bond acceptors (Lipinski definition) is 4. The molecule has 2 N–H and O–H groups in total. The highest BCUT2D eigenvalue weighted by atomic mass is 16.5. The Morgan fingerprint density at radius 2 is 2.16 bits per heavy atom. The predicted molar refractivity (Wildman–Crippen MR) is 75.1 cm³/mol. The van der Waals surface area contributed by atoms with Gasteiger partial charge in [0.05, 0.1) is 11.5 Å². The average Bonchev–Trinajstić information content (AvgIpc) is 2.63. The lowest BCUT2D eigenvalue weighted by Gasteiger charge is -2.29. The molecule has 0 aliphatic carbocycles. The van der Waals surface area contributed by atoms with E-state index in [-0.39, 0.29) is 0 Å². The van der Waals surface area contributed by atoms with Crippen molar-refractivity contribution in [1.82, 2.24) is 14.5 Å². The monoisotopic (exact) mass is 260 g/mol. The highest BCUT2D eigenvalue weighted by Crippen LogP contribution is 2.34. The van der Waals surface area contributed by atoms with Crippen LogP contribution >= 0.6 is 0 Å². The first-order chi connectivity index (χ1) is 9.09. The summed E-state index contributed by atoms with van der Waals surface area (Å²) in [4.78, 5) is 8.57. The fourth-order valence-corrected chi connectivity index (χ4v) is 3.11. The summed E-state index contributed by atoms with van der Waals surface area (Å²) >= 11 is 0. The zero-order chi connectivity index (χ0) is 13.6. The van der Waals surface area contributed by atoms with Crippen LogP contribution < -0.4 is 5.73 Å². The summed E-state index contributed by atoms with van der Waals surface area (Å²) in [5.41, 5.74) is 9.39. The van der Waals surface area contributed by atoms with E-state index in [1.54, 1.807) is 6.33 Å². The molecule has 1 fully saturated rings. The molecule has 5 nitrogen and oxygen atoms in total. The molecule has 1 aliphatic rings. The van der Waals surface area contributed by atoms with Crippen molar-refractivity contribution in [2.24, 2.45) is 0 Å². The van der Waals surface area contributed by atoms with Crippen molar-refractivity contribution in [2.45, 2.75) is 45.8 Å². The van der Waals surface area contributed by atoms with Crippen LogP contribution in [0.4, 0.5) is 5.82 Å². The summed E-state index contributed by atoms with van der Waals surface area (Å²) in [6.07, 6.45) is 3.90. The van der Waals surface area contributed by atoms with Gasteiger partial charge in [-0.1, -0.05) is 0 Å². The first-order valence-electron chi connectivity index (χ1n) is 6.78. The molecule has 102 valence electrons. The zero-order valence-electron chi connectivity index (χ0n) is 11.7. The van der Waals surface area contributed by atoms with E-state index in [1.165, 1.54) is 11.3 Å². The van der Waals surface area contributed by atoms with Crippen LogP contribution in [0.2, 0.25) is 0 Å². The predicted octanol–water partition coefficient (Wildman–Crippen LogP) is 2.37. The molecule has 1 aliphatic heterocycles. The van der Waals surface area contributed by atoms with Gasteiger partial charge in [-0.3, -0.25) is 0 Å². The molecule has 0 spiro atoms. The molecule has 2 atom stereocenters. The van der Waals surface area contributed by atoms with E-state index in [1.807, 2.05) is 0 Å². The van der Waals surface area contributed by atoms with Gasteiger partial charge in [-0.15, -0.1) is 0 Å². The quantitative estimate of drug-likeness (QED) is 0.855. The Morgan fingerprint density at radius 3 is 2.89 bits per heavy atom. The molecule has 19 heavy (non-hydrogen) atoms. The summed E-state index contributed by atoms with van der Waals surface area (Å²) in [6.45, 7) is 7.17. The standard InChI is InChI=1S/C14H20N4O/c1-8-6-11(4-5-19-8)18-10(3)9(2)12-13(15)16-7-17-14(12)18/h7-8,11H,4-6H2,1-3H3,(H2,15,16,17). The molecular weight excluding hydrogens is 240 g/mol. The summed E-state index contributed by atoms with van der Waals surface area (Å²) < 4.78 is 7.96. The molecule has 3 rings (SSSR count). The molecule has 2 unspecified atom stereocenters. The third kappa shape index (κ3) is 1.89. The Hall–Kier alpha value is -1.62. The van der Waals surface area contributed by atoms with Crippen LogP contribution in [0.1, 0.15) is 37.1 Å². The molecule has 5 heteroatoms. The van der Waals surface area contributed by atoms with Gasteiger partial charge in [0, 0.05) is 18.3 Å². The molecule has 0 saturated carbocycles. The van der Waals surface area contributed by atoms with Gasteiger partial charge in [0.2, 0.25) is 0 Å². The van der Waals surface area contributed by atoms with Crippen molar-refractivity contribution in [3.8, 4) is 0 Å². The summed E-state index contributed by atoms with van der Waals surface area (Å²) in [5, 5.41) is 0.999. The maximum absolute atomic E-state index is 6.01. The van der Waals surface area contributed by atoms with Gasteiger partial charge < -0.3 is 15.0 Å². The number of nitrogens with two attached hydrogens (primary N) is 1. The molecule has 0 aromatic carbocycles. The Morgan fingerprint density at radius 1 is 1.37 bits per heavy atom. The summed E-state index contributed by atoms with van der Waals surface area (Å²) in [7, 11) is 0. The van der Waals surface area contributed by atoms with Gasteiger partial charge in [-0.25, -0.2) is 9.97 Å². The first-order valence-corrected chi connectivity index (χ1v) is 6.78. The van der Waals surface area contributed by atoms with Crippen molar-refractivity contribution in [2.75, 3.05) is 12.3 Å². The van der Waals surface area contributed by atoms with E-state index >= 15 is 0 Å². The van der Waals surface area contributed by atoms with Crippen LogP contribution in [0, 0.1) is 13.8 Å². The Balaban J connectivity index is 2.18. The molecular formula is C14H20N4O. The number of fused-ring (bicyclic) bond motifs is 1. The number of hydrogen-bond donors (Lipinski definition) is 1. The van der Waals surface area contributed by atoms with Gasteiger partial charge >= 0.3 is 0 Å². The maximum atomic E-state index is 6.01. The van der Waals surface area contributed by atoms with Crippen LogP contribution in [-0.4, -0.2) is 27.2 Å². The molecule has 1 saturated heterocycles. The van der Waals surface area contributed by atoms with E-state index in [9.17, 15) is 0 Å². The van der Waals surface area contributed by atoms with Crippen LogP contribution in [-0.2, 0) is 4.74 Å². The summed E-state index contributed by atoms with van der Waals surface area (Å²) in [6, 6.07) is 0.439. The van der Waals surface area contributed by atoms with E-state index < -0.39 is 0 Å². The Bertz CT molecular complexity index is 619. The minimum atomic E-state index is 0.301. The van der Waals surface area contributed by atoms with Crippen LogP contribution in [0.15, 0.2) is 6.33 Å². The second kappa shape index (κ2) is 4.49. The van der Waals surface area contributed by atoms with Gasteiger partial charge in [-0.2, -0.15) is 0 Å². The highest BCUT2D eigenvalue weighted by Gasteiger charge is 2.25. The van der Waals surface area contributed by atoms with Crippen LogP contribution in [0.3, 0.4) is 0 Å². The van der Waals surface area contributed by atoms with Gasteiger partial charge in [0.1, 0.15) is 17.8 Å². The van der Waals surface area contributed by atoms with Gasteiger partial charge in [0.25, 0.3) is 0 Å². The number of nitrogens with zero attached hydrogens (tertiary/aromatic N) is 3. The average molecular weight is 260 g/mol. The minimum absolute atomic E-state index is 0.301. The Labute approximate surface area is 112 Å². The third-order valence-electron chi connectivity index (χ3n) is 4.19. The molecule has 2 aromatic rings. The minimum Gasteiger partial charge on any atom is -0.383 e. The fourth-order valence-electron chi connectivity index (χ4n) is 3.11. The smallest absolute Gasteiger partial charge is 0.146 e. The van der Waals surface area contributed by atoms with Crippen molar-refractivity contribution in [1.29, 1.82) is 0 Å². The number of anilines is 1. The van der Waals surface area contributed by atoms with E-state index in [2.05, 4.69) is 35.3 Å². The number of aromatic nitrogens is 3. The second-order valence-electron chi connectivity index (χ2n) is 5.40. The van der Waals surface area contributed by atoms with E-state index in [0.717, 1.165) is 30.5 Å². The largest absolute Gasteiger partial charge is 0.383 e. The number of aryl methyl sites for hydroxylation is 1. The number of rotatable bonds is 1. The fraction of sp³-hybridized carbons (Fsp3) is 0.571. The van der Waals surface area contributed by atoms with Crippen molar-refractivity contribution in [3.05, 3.63) is 17.6 Å². The first kappa shape index (κ1) is 12.4. The molecule has 3 heterocycles. The molecule has 0 radical (unpaired) electrons. The van der Waals surface area contributed by atoms with Gasteiger partial charge in [0.15, 0.2) is 0 Å².